The van der Waals surface area contributed by atoms with E-state index in [9.17, 15) is 0 Å². The van der Waals surface area contributed by atoms with Crippen molar-refractivity contribution in [1.29, 1.82) is 0 Å². The van der Waals surface area contributed by atoms with Crippen LogP contribution >= 0.6 is 0 Å². The molecule has 96 valence electrons. The van der Waals surface area contributed by atoms with Crippen LogP contribution in [0.25, 0.3) is 0 Å². The van der Waals surface area contributed by atoms with Crippen LogP contribution in [-0.4, -0.2) is 9.55 Å². The predicted molar refractivity (Wildman–Crippen MR) is 75.5 cm³/mol. The highest BCUT2D eigenvalue weighted by molar-refractivity contribution is 5.41. The van der Waals surface area contributed by atoms with Crippen molar-refractivity contribution in [3.8, 4) is 0 Å². The van der Waals surface area contributed by atoms with Crippen LogP contribution in [0.1, 0.15) is 30.9 Å². The van der Waals surface area contributed by atoms with Crippen LogP contribution in [0.2, 0.25) is 0 Å². The molecule has 0 aliphatic heterocycles. The van der Waals surface area contributed by atoms with Gasteiger partial charge >= 0.3 is 0 Å². The molecule has 18 heavy (non-hydrogen) atoms. The van der Waals surface area contributed by atoms with Gasteiger partial charge in [-0.2, -0.15) is 0 Å². The number of aromatic nitrogens is 2. The van der Waals surface area contributed by atoms with Gasteiger partial charge in [0.05, 0.1) is 5.69 Å². The minimum Gasteiger partial charge on any atom is -0.384 e. The first-order valence-electron chi connectivity index (χ1n) is 6.43. The lowest BCUT2D eigenvalue weighted by atomic mass is 10.1. The van der Waals surface area contributed by atoms with Crippen LogP contribution < -0.4 is 5.73 Å². The Kier molecular flexibility index (Phi) is 3.70. The van der Waals surface area contributed by atoms with Crippen molar-refractivity contribution in [3.63, 3.8) is 0 Å². The van der Waals surface area contributed by atoms with Gasteiger partial charge in [-0.25, -0.2) is 4.98 Å². The molecule has 3 heteroatoms. The summed E-state index contributed by atoms with van der Waals surface area (Å²) in [6.45, 7) is 7.33. The molecule has 3 nitrogen and oxygen atoms in total. The van der Waals surface area contributed by atoms with Crippen LogP contribution in [0, 0.1) is 12.8 Å². The number of imidazole rings is 1. The van der Waals surface area contributed by atoms with E-state index in [-0.39, 0.29) is 0 Å². The molecule has 0 radical (unpaired) electrons. The normalized spacial score (nSPS) is 11.1. The highest BCUT2D eigenvalue weighted by Crippen LogP contribution is 2.19. The van der Waals surface area contributed by atoms with E-state index in [4.69, 9.17) is 5.73 Å². The molecule has 1 aromatic carbocycles. The molecule has 0 atom stereocenters. The van der Waals surface area contributed by atoms with E-state index in [0.29, 0.717) is 5.92 Å². The van der Waals surface area contributed by atoms with Crippen molar-refractivity contribution in [2.45, 2.75) is 33.7 Å². The number of aryl methyl sites for hydroxylation is 1. The first kappa shape index (κ1) is 12.7. The average molecular weight is 243 g/mol. The van der Waals surface area contributed by atoms with Crippen molar-refractivity contribution >= 4 is 5.82 Å². The Morgan fingerprint density at radius 3 is 2.50 bits per heavy atom. The van der Waals surface area contributed by atoms with Gasteiger partial charge in [0.15, 0.2) is 0 Å². The predicted octanol–water partition coefficient (Wildman–Crippen LogP) is 3.02. The lowest BCUT2D eigenvalue weighted by Gasteiger charge is -2.10. The zero-order valence-electron chi connectivity index (χ0n) is 11.4. The average Bonchev–Trinajstić information content (AvgIpc) is 2.58. The summed E-state index contributed by atoms with van der Waals surface area (Å²) in [6, 6.07) is 10.3. The topological polar surface area (TPSA) is 43.8 Å². The lowest BCUT2D eigenvalue weighted by Crippen LogP contribution is -2.09. The zero-order chi connectivity index (χ0) is 13.1. The lowest BCUT2D eigenvalue weighted by molar-refractivity contribution is 0.518. The second-order valence-corrected chi connectivity index (χ2v) is 5.16. The van der Waals surface area contributed by atoms with Crippen molar-refractivity contribution in [2.24, 2.45) is 5.92 Å². The molecule has 1 heterocycles. The minimum atomic E-state index is 0.574. The largest absolute Gasteiger partial charge is 0.384 e. The van der Waals surface area contributed by atoms with E-state index in [1.807, 2.05) is 25.1 Å². The van der Waals surface area contributed by atoms with E-state index in [0.717, 1.165) is 30.3 Å². The number of benzene rings is 1. The fourth-order valence-electron chi connectivity index (χ4n) is 2.16. The van der Waals surface area contributed by atoms with E-state index in [2.05, 4.69) is 35.5 Å². The molecule has 0 bridgehead atoms. The quantitative estimate of drug-likeness (QED) is 0.897. The molecule has 2 rings (SSSR count). The van der Waals surface area contributed by atoms with Gasteiger partial charge in [-0.05, 0) is 18.4 Å². The van der Waals surface area contributed by atoms with E-state index in [1.165, 1.54) is 5.56 Å². The van der Waals surface area contributed by atoms with E-state index in [1.54, 1.807) is 0 Å². The molecule has 0 saturated heterocycles. The monoisotopic (exact) mass is 243 g/mol. The molecule has 0 unspecified atom stereocenters. The van der Waals surface area contributed by atoms with Gasteiger partial charge in [-0.15, -0.1) is 0 Å². The first-order valence-corrected chi connectivity index (χ1v) is 6.43. The molecular formula is C15H21N3. The first-order chi connectivity index (χ1) is 8.58. The third-order valence-corrected chi connectivity index (χ3v) is 3.04. The van der Waals surface area contributed by atoms with Gasteiger partial charge in [-0.1, -0.05) is 44.2 Å². The number of hydrogen-bond donors (Lipinski definition) is 1. The third kappa shape index (κ3) is 2.73. The second kappa shape index (κ2) is 5.25. The standard InChI is InChI=1S/C15H21N3/c1-11(2)10-18-12(3)17-14(15(18)16)9-13-7-5-4-6-8-13/h4-8,11H,9-10,16H2,1-3H3. The Hall–Kier alpha value is -1.77. The third-order valence-electron chi connectivity index (χ3n) is 3.04. The Balaban J connectivity index is 2.25. The number of nitrogen functional groups attached to an aromatic ring is 1. The maximum absolute atomic E-state index is 6.20. The Morgan fingerprint density at radius 1 is 1.22 bits per heavy atom. The highest BCUT2D eigenvalue weighted by Gasteiger charge is 2.12. The molecule has 1 aromatic heterocycles. The molecule has 2 aromatic rings. The van der Waals surface area contributed by atoms with Gasteiger partial charge in [0.1, 0.15) is 11.6 Å². The summed E-state index contributed by atoms with van der Waals surface area (Å²) in [5.74, 6) is 2.39. The van der Waals surface area contributed by atoms with E-state index < -0.39 is 0 Å². The van der Waals surface area contributed by atoms with E-state index >= 15 is 0 Å². The van der Waals surface area contributed by atoms with Gasteiger partial charge < -0.3 is 10.3 Å². The zero-order valence-corrected chi connectivity index (χ0v) is 11.4. The summed E-state index contributed by atoms with van der Waals surface area (Å²) in [7, 11) is 0. The van der Waals surface area contributed by atoms with Gasteiger partial charge in [-0.3, -0.25) is 0 Å². The van der Waals surface area contributed by atoms with Crippen molar-refractivity contribution in [1.82, 2.24) is 9.55 Å². The minimum absolute atomic E-state index is 0.574. The number of rotatable bonds is 4. The van der Waals surface area contributed by atoms with Crippen molar-refractivity contribution in [2.75, 3.05) is 5.73 Å². The van der Waals surface area contributed by atoms with Gasteiger partial charge in [0.2, 0.25) is 0 Å². The Morgan fingerprint density at radius 2 is 1.89 bits per heavy atom. The maximum atomic E-state index is 6.20. The second-order valence-electron chi connectivity index (χ2n) is 5.16. The molecule has 0 aliphatic carbocycles. The Labute approximate surface area is 109 Å². The molecular weight excluding hydrogens is 222 g/mol. The summed E-state index contributed by atoms with van der Waals surface area (Å²) in [5, 5.41) is 0. The number of anilines is 1. The summed E-state index contributed by atoms with van der Waals surface area (Å²) in [6.07, 6.45) is 0.804. The van der Waals surface area contributed by atoms with Crippen LogP contribution in [-0.2, 0) is 13.0 Å². The van der Waals surface area contributed by atoms with Gasteiger partial charge in [0, 0.05) is 13.0 Å². The summed E-state index contributed by atoms with van der Waals surface area (Å²) >= 11 is 0. The molecule has 0 amide bonds. The summed E-state index contributed by atoms with van der Waals surface area (Å²) in [4.78, 5) is 4.60. The number of nitrogens with zero attached hydrogens (tertiary/aromatic N) is 2. The van der Waals surface area contributed by atoms with Crippen LogP contribution in [0.5, 0.6) is 0 Å². The summed E-state index contributed by atoms with van der Waals surface area (Å²) < 4.78 is 2.11. The Bertz CT molecular complexity index is 512. The fourth-order valence-corrected chi connectivity index (χ4v) is 2.16. The SMILES string of the molecule is Cc1nc(Cc2ccccc2)c(N)n1CC(C)C. The molecule has 0 fully saturated rings. The van der Waals surface area contributed by atoms with Crippen molar-refractivity contribution < 1.29 is 0 Å². The van der Waals surface area contributed by atoms with Crippen LogP contribution in [0.3, 0.4) is 0 Å². The maximum Gasteiger partial charge on any atom is 0.127 e. The smallest absolute Gasteiger partial charge is 0.127 e. The molecule has 0 saturated carbocycles. The number of hydrogen-bond acceptors (Lipinski definition) is 2. The molecule has 0 spiro atoms. The molecule has 2 N–H and O–H groups in total. The van der Waals surface area contributed by atoms with Gasteiger partial charge in [0.25, 0.3) is 0 Å². The fraction of sp³-hybridized carbons (Fsp3) is 0.400. The molecule has 0 aliphatic rings. The van der Waals surface area contributed by atoms with Crippen LogP contribution in [0.15, 0.2) is 30.3 Å². The summed E-state index contributed by atoms with van der Waals surface area (Å²) in [5.41, 5.74) is 8.43. The van der Waals surface area contributed by atoms with Crippen molar-refractivity contribution in [3.05, 3.63) is 47.4 Å². The van der Waals surface area contributed by atoms with Crippen LogP contribution in [0.4, 0.5) is 5.82 Å². The number of nitrogens with two attached hydrogens (primary N) is 1. The highest BCUT2D eigenvalue weighted by atomic mass is 15.1.